The smallest absolute Gasteiger partial charge is 0.412 e. The third-order valence-electron chi connectivity index (χ3n) is 5.97. The third kappa shape index (κ3) is 6.67. The molecule has 4 rings (SSSR count). The second-order valence-electron chi connectivity index (χ2n) is 10.4. The van der Waals surface area contributed by atoms with Gasteiger partial charge >= 0.3 is 24.0 Å². The number of ether oxygens (including phenoxy) is 3. The lowest BCUT2D eigenvalue weighted by Crippen LogP contribution is -2.54. The molecule has 1 unspecified atom stereocenters. The normalized spacial score (nSPS) is 19.6. The number of amides is 2. The molecule has 1 saturated heterocycles. The van der Waals surface area contributed by atoms with Crippen molar-refractivity contribution in [2.45, 2.75) is 52.0 Å². The van der Waals surface area contributed by atoms with Crippen LogP contribution in [-0.4, -0.2) is 80.4 Å². The summed E-state index contributed by atoms with van der Waals surface area (Å²) in [6.07, 6.45) is 0.274. The molecule has 2 aliphatic rings. The Labute approximate surface area is 214 Å². The average molecular weight is 517 g/mol. The number of carbonyl (C=O) groups excluding carboxylic acids is 2. The molecule has 3 heterocycles. The molecule has 2 aromatic rings. The fourth-order valence-electron chi connectivity index (χ4n) is 4.30. The highest BCUT2D eigenvalue weighted by Crippen LogP contribution is 2.33. The molecule has 13 heteroatoms. The van der Waals surface area contributed by atoms with E-state index in [-0.39, 0.29) is 18.4 Å². The Morgan fingerprint density at radius 2 is 1.86 bits per heavy atom. The molecule has 2 aliphatic heterocycles. The molecule has 0 spiro atoms. The van der Waals surface area contributed by atoms with E-state index in [0.29, 0.717) is 45.0 Å². The van der Waals surface area contributed by atoms with Gasteiger partial charge in [0.2, 0.25) is 0 Å². The molecule has 1 aromatic carbocycles. The monoisotopic (exact) mass is 516 g/mol. The number of anilines is 1. The maximum absolute atomic E-state index is 12.6. The number of nitrogens with one attached hydrogen (secondary N) is 1. The molecule has 0 aliphatic carbocycles. The summed E-state index contributed by atoms with van der Waals surface area (Å²) < 4.78 is 18.1. The molecular formula is C24H32N6O7. The van der Waals surface area contributed by atoms with Gasteiger partial charge in [-0.05, 0) is 50.3 Å². The van der Waals surface area contributed by atoms with Crippen molar-refractivity contribution in [2.24, 2.45) is 0 Å². The molecule has 0 radical (unpaired) electrons. The van der Waals surface area contributed by atoms with E-state index in [4.69, 9.17) is 14.2 Å². The lowest BCUT2D eigenvalue weighted by molar-refractivity contribution is -0.392. The highest BCUT2D eigenvalue weighted by Gasteiger charge is 2.44. The summed E-state index contributed by atoms with van der Waals surface area (Å²) in [6, 6.07) is 7.24. The Morgan fingerprint density at radius 1 is 1.19 bits per heavy atom. The molecule has 37 heavy (non-hydrogen) atoms. The van der Waals surface area contributed by atoms with Gasteiger partial charge in [-0.25, -0.2) is 9.59 Å². The first-order valence-corrected chi connectivity index (χ1v) is 12.0. The summed E-state index contributed by atoms with van der Waals surface area (Å²) >= 11 is 0. The molecule has 200 valence electrons. The van der Waals surface area contributed by atoms with Gasteiger partial charge in [0, 0.05) is 38.4 Å². The Kier molecular flexibility index (Phi) is 7.25. The van der Waals surface area contributed by atoms with Crippen LogP contribution in [-0.2, 0) is 22.6 Å². The third-order valence-corrected chi connectivity index (χ3v) is 5.97. The summed E-state index contributed by atoms with van der Waals surface area (Å²) in [5, 5.41) is 13.8. The van der Waals surface area contributed by atoms with Gasteiger partial charge in [-0.1, -0.05) is 12.1 Å². The Balaban J connectivity index is 1.19. The summed E-state index contributed by atoms with van der Waals surface area (Å²) in [7, 11) is 0. The van der Waals surface area contributed by atoms with Crippen LogP contribution in [0.3, 0.4) is 0 Å². The molecule has 13 nitrogen and oxygen atoms in total. The predicted octanol–water partition coefficient (Wildman–Crippen LogP) is 3.24. The molecule has 1 N–H and O–H groups in total. The number of nitro groups is 1. The molecular weight excluding hydrogens is 484 g/mol. The summed E-state index contributed by atoms with van der Waals surface area (Å²) in [5.41, 5.74) is 0.152. The van der Waals surface area contributed by atoms with Gasteiger partial charge in [-0.2, -0.15) is 9.55 Å². The number of hydrogen-bond donors (Lipinski definition) is 1. The quantitative estimate of drug-likeness (QED) is 0.452. The molecule has 1 fully saturated rings. The number of benzene rings is 1. The van der Waals surface area contributed by atoms with E-state index in [2.05, 4.69) is 15.2 Å². The van der Waals surface area contributed by atoms with Crippen LogP contribution >= 0.6 is 0 Å². The zero-order valence-corrected chi connectivity index (χ0v) is 21.4. The van der Waals surface area contributed by atoms with Crippen LogP contribution in [0.5, 0.6) is 6.01 Å². The van der Waals surface area contributed by atoms with Gasteiger partial charge in [0.25, 0.3) is 0 Å². The second kappa shape index (κ2) is 10.2. The van der Waals surface area contributed by atoms with Crippen LogP contribution in [0.4, 0.5) is 21.1 Å². The maximum Gasteiger partial charge on any atom is 0.412 e. The zero-order chi connectivity index (χ0) is 26.8. The minimum Gasteiger partial charge on any atom is -0.445 e. The van der Waals surface area contributed by atoms with Crippen molar-refractivity contribution in [1.82, 2.24) is 19.4 Å². The van der Waals surface area contributed by atoms with Gasteiger partial charge in [0.1, 0.15) is 24.9 Å². The van der Waals surface area contributed by atoms with Gasteiger partial charge in [-0.3, -0.25) is 10.2 Å². The molecule has 1 atom stereocenters. The fourth-order valence-corrected chi connectivity index (χ4v) is 4.30. The van der Waals surface area contributed by atoms with Crippen LogP contribution in [0, 0.1) is 10.1 Å². The first kappa shape index (κ1) is 26.2. The number of hydrogen-bond acceptors (Lipinski definition) is 9. The van der Waals surface area contributed by atoms with E-state index in [1.165, 1.54) is 10.8 Å². The molecule has 0 bridgehead atoms. The van der Waals surface area contributed by atoms with Gasteiger partial charge in [0.05, 0.1) is 0 Å². The minimum atomic E-state index is -0.637. The van der Waals surface area contributed by atoms with Crippen LogP contribution in [0.25, 0.3) is 0 Å². The van der Waals surface area contributed by atoms with Crippen molar-refractivity contribution in [3.05, 3.63) is 46.1 Å². The average Bonchev–Trinajstić information content (AvgIpc) is 3.33. The number of aromatic nitrogens is 2. The number of imidazole rings is 1. The van der Waals surface area contributed by atoms with E-state index in [1.54, 1.807) is 49.9 Å². The van der Waals surface area contributed by atoms with E-state index < -0.39 is 28.3 Å². The largest absolute Gasteiger partial charge is 0.445 e. The highest BCUT2D eigenvalue weighted by atomic mass is 16.6. The lowest BCUT2D eigenvalue weighted by atomic mass is 10.1. The van der Waals surface area contributed by atoms with Gasteiger partial charge in [0.15, 0.2) is 5.60 Å². The van der Waals surface area contributed by atoms with Crippen LogP contribution < -0.4 is 10.1 Å². The maximum atomic E-state index is 12.6. The van der Waals surface area contributed by atoms with E-state index in [9.17, 15) is 19.7 Å². The fraction of sp³-hybridized carbons (Fsp3) is 0.542. The highest BCUT2D eigenvalue weighted by molar-refractivity contribution is 5.84. The standard InChI is InChI=1S/C24H32N6O7/c1-23(2,3)37-21(31)26-18-7-5-17(6-8-18)14-35-22(32)28-11-9-27(10-12-28)15-24(4)16-29-19(30(33)34)13-25-20(29)36-24/h5-8,13H,9-12,14-16H2,1-4H3,(H,26,31). The van der Waals surface area contributed by atoms with Crippen molar-refractivity contribution < 1.29 is 28.7 Å². The van der Waals surface area contributed by atoms with Crippen LogP contribution in [0.1, 0.15) is 33.3 Å². The molecule has 0 saturated carbocycles. The first-order valence-electron chi connectivity index (χ1n) is 12.0. The van der Waals surface area contributed by atoms with E-state index in [0.717, 1.165) is 5.56 Å². The Morgan fingerprint density at radius 3 is 2.49 bits per heavy atom. The number of nitrogens with zero attached hydrogens (tertiary/aromatic N) is 5. The van der Waals surface area contributed by atoms with E-state index >= 15 is 0 Å². The van der Waals surface area contributed by atoms with Crippen molar-refractivity contribution in [2.75, 3.05) is 38.0 Å². The summed E-state index contributed by atoms with van der Waals surface area (Å²) in [6.45, 7) is 10.5. The van der Waals surface area contributed by atoms with Crippen molar-refractivity contribution in [1.29, 1.82) is 0 Å². The minimum absolute atomic E-state index is 0.0831. The Hall–Kier alpha value is -3.87. The van der Waals surface area contributed by atoms with Gasteiger partial charge in [-0.15, -0.1) is 0 Å². The predicted molar refractivity (Wildman–Crippen MR) is 132 cm³/mol. The van der Waals surface area contributed by atoms with Crippen molar-refractivity contribution in [3.63, 3.8) is 0 Å². The SMILES string of the molecule is CC(C)(C)OC(=O)Nc1ccc(COC(=O)N2CCN(CC3(C)Cn4c([N+](=O)[O-])cnc4O3)CC2)cc1. The van der Waals surface area contributed by atoms with Crippen molar-refractivity contribution >= 4 is 23.7 Å². The lowest BCUT2D eigenvalue weighted by Gasteiger charge is -2.37. The Bertz CT molecular complexity index is 1150. The molecule has 1 aromatic heterocycles. The van der Waals surface area contributed by atoms with E-state index in [1.807, 2.05) is 6.92 Å². The summed E-state index contributed by atoms with van der Waals surface area (Å²) in [5.74, 6) is -0.0831. The van der Waals surface area contributed by atoms with Gasteiger partial charge < -0.3 is 29.2 Å². The van der Waals surface area contributed by atoms with Crippen LogP contribution in [0.15, 0.2) is 30.5 Å². The number of rotatable bonds is 6. The number of piperazine rings is 1. The second-order valence-corrected chi connectivity index (χ2v) is 10.4. The van der Waals surface area contributed by atoms with Crippen molar-refractivity contribution in [3.8, 4) is 6.01 Å². The summed E-state index contributed by atoms with van der Waals surface area (Å²) in [4.78, 5) is 43.0. The zero-order valence-electron chi connectivity index (χ0n) is 21.4. The molecule has 2 amide bonds. The van der Waals surface area contributed by atoms with Crippen LogP contribution in [0.2, 0.25) is 0 Å². The number of fused-ring (bicyclic) bond motifs is 1. The topological polar surface area (TPSA) is 141 Å². The first-order chi connectivity index (χ1) is 17.4. The number of carbonyl (C=O) groups is 2.